The standard InChI is InChI=1S/C11H24N2O2/c1-5-9(3)10(12)11(14)13(6-2)7-8-15-4/h9-10H,5-8,12H2,1-4H3/t9?,10-/m0/s1. The number of carbonyl (C=O) groups excluding carboxylic acids is 1. The molecule has 2 atom stereocenters. The number of carbonyl (C=O) groups is 1. The third kappa shape index (κ3) is 4.62. The summed E-state index contributed by atoms with van der Waals surface area (Å²) >= 11 is 0. The topological polar surface area (TPSA) is 55.6 Å². The van der Waals surface area contributed by atoms with Gasteiger partial charge in [0.2, 0.25) is 5.91 Å². The molecule has 0 aliphatic rings. The highest BCUT2D eigenvalue weighted by Crippen LogP contribution is 2.08. The SMILES string of the molecule is CCC(C)[C@H](N)C(=O)N(CC)CCOC. The number of nitrogens with zero attached hydrogens (tertiary/aromatic N) is 1. The van der Waals surface area contributed by atoms with Crippen molar-refractivity contribution in [2.75, 3.05) is 26.8 Å². The zero-order valence-electron chi connectivity index (χ0n) is 10.3. The highest BCUT2D eigenvalue weighted by Gasteiger charge is 2.23. The molecule has 0 aromatic rings. The second kappa shape index (κ2) is 7.65. The van der Waals surface area contributed by atoms with E-state index in [1.54, 1.807) is 12.0 Å². The molecule has 1 amide bonds. The lowest BCUT2D eigenvalue weighted by Gasteiger charge is -2.26. The number of likely N-dealkylation sites (N-methyl/N-ethyl adjacent to an activating group) is 1. The summed E-state index contributed by atoms with van der Waals surface area (Å²) < 4.78 is 4.96. The number of ether oxygens (including phenoxy) is 1. The average molecular weight is 216 g/mol. The van der Waals surface area contributed by atoms with Crippen LogP contribution in [0, 0.1) is 5.92 Å². The van der Waals surface area contributed by atoms with E-state index < -0.39 is 0 Å². The lowest BCUT2D eigenvalue weighted by atomic mass is 9.99. The summed E-state index contributed by atoms with van der Waals surface area (Å²) in [5.74, 6) is 0.262. The summed E-state index contributed by atoms with van der Waals surface area (Å²) in [4.78, 5) is 13.7. The molecule has 90 valence electrons. The van der Waals surface area contributed by atoms with Crippen LogP contribution < -0.4 is 5.73 Å². The van der Waals surface area contributed by atoms with Crippen LogP contribution in [0.5, 0.6) is 0 Å². The highest BCUT2D eigenvalue weighted by atomic mass is 16.5. The number of hydrogen-bond acceptors (Lipinski definition) is 3. The van der Waals surface area contributed by atoms with Crippen molar-refractivity contribution in [3.05, 3.63) is 0 Å². The van der Waals surface area contributed by atoms with Crippen LogP contribution in [0.4, 0.5) is 0 Å². The van der Waals surface area contributed by atoms with Crippen molar-refractivity contribution < 1.29 is 9.53 Å². The maximum absolute atomic E-state index is 11.9. The van der Waals surface area contributed by atoms with Crippen LogP contribution in [0.2, 0.25) is 0 Å². The molecule has 0 aromatic heterocycles. The summed E-state index contributed by atoms with van der Waals surface area (Å²) in [5.41, 5.74) is 5.89. The Hall–Kier alpha value is -0.610. The summed E-state index contributed by atoms with van der Waals surface area (Å²) in [6.07, 6.45) is 0.925. The Morgan fingerprint density at radius 1 is 1.47 bits per heavy atom. The second-order valence-electron chi connectivity index (χ2n) is 3.82. The van der Waals surface area contributed by atoms with Gasteiger partial charge in [-0.1, -0.05) is 20.3 Å². The van der Waals surface area contributed by atoms with Crippen LogP contribution in [0.1, 0.15) is 27.2 Å². The fourth-order valence-corrected chi connectivity index (χ4v) is 1.33. The van der Waals surface area contributed by atoms with E-state index in [4.69, 9.17) is 10.5 Å². The quantitative estimate of drug-likeness (QED) is 0.686. The van der Waals surface area contributed by atoms with Gasteiger partial charge < -0.3 is 15.4 Å². The van der Waals surface area contributed by atoms with Crippen molar-refractivity contribution in [2.24, 2.45) is 11.7 Å². The van der Waals surface area contributed by atoms with Gasteiger partial charge in [0.15, 0.2) is 0 Å². The Morgan fingerprint density at radius 3 is 2.47 bits per heavy atom. The highest BCUT2D eigenvalue weighted by molar-refractivity contribution is 5.81. The van der Waals surface area contributed by atoms with E-state index in [9.17, 15) is 4.79 Å². The smallest absolute Gasteiger partial charge is 0.239 e. The van der Waals surface area contributed by atoms with Crippen molar-refractivity contribution in [3.63, 3.8) is 0 Å². The molecule has 0 aliphatic carbocycles. The molecule has 0 rings (SSSR count). The number of rotatable bonds is 7. The van der Waals surface area contributed by atoms with Crippen LogP contribution in [0.15, 0.2) is 0 Å². The van der Waals surface area contributed by atoms with E-state index in [1.807, 2.05) is 20.8 Å². The van der Waals surface area contributed by atoms with Gasteiger partial charge in [0, 0.05) is 20.2 Å². The van der Waals surface area contributed by atoms with Gasteiger partial charge in [0.05, 0.1) is 12.6 Å². The Labute approximate surface area is 92.8 Å². The molecule has 1 unspecified atom stereocenters. The van der Waals surface area contributed by atoms with Crippen molar-refractivity contribution in [2.45, 2.75) is 33.2 Å². The average Bonchev–Trinajstić information content (AvgIpc) is 2.27. The minimum atomic E-state index is -0.383. The maximum atomic E-state index is 11.9. The van der Waals surface area contributed by atoms with Gasteiger partial charge in [-0.15, -0.1) is 0 Å². The summed E-state index contributed by atoms with van der Waals surface area (Å²) in [7, 11) is 1.63. The zero-order valence-corrected chi connectivity index (χ0v) is 10.3. The first-order valence-corrected chi connectivity index (χ1v) is 5.61. The van der Waals surface area contributed by atoms with E-state index in [-0.39, 0.29) is 17.9 Å². The van der Waals surface area contributed by atoms with Gasteiger partial charge in [-0.2, -0.15) is 0 Å². The second-order valence-corrected chi connectivity index (χ2v) is 3.82. The van der Waals surface area contributed by atoms with E-state index >= 15 is 0 Å². The third-order valence-electron chi connectivity index (χ3n) is 2.80. The molecule has 0 bridgehead atoms. The molecule has 0 saturated heterocycles. The Balaban J connectivity index is 4.24. The first kappa shape index (κ1) is 14.4. The molecule has 0 aromatic carbocycles. The van der Waals surface area contributed by atoms with Crippen molar-refractivity contribution in [1.82, 2.24) is 4.90 Å². The number of nitrogens with two attached hydrogens (primary N) is 1. The molecule has 0 aliphatic heterocycles. The van der Waals surface area contributed by atoms with Crippen molar-refractivity contribution in [3.8, 4) is 0 Å². The van der Waals surface area contributed by atoms with Gasteiger partial charge in [-0.3, -0.25) is 4.79 Å². The molecular weight excluding hydrogens is 192 g/mol. The molecule has 0 spiro atoms. The lowest BCUT2D eigenvalue weighted by Crippen LogP contribution is -2.47. The van der Waals surface area contributed by atoms with Gasteiger partial charge in [0.25, 0.3) is 0 Å². The van der Waals surface area contributed by atoms with Gasteiger partial charge in [-0.05, 0) is 12.8 Å². The van der Waals surface area contributed by atoms with E-state index in [0.29, 0.717) is 19.7 Å². The normalized spacial score (nSPS) is 14.7. The number of methoxy groups -OCH3 is 1. The fourth-order valence-electron chi connectivity index (χ4n) is 1.33. The molecular formula is C11H24N2O2. The molecule has 0 radical (unpaired) electrons. The van der Waals surface area contributed by atoms with Crippen molar-refractivity contribution in [1.29, 1.82) is 0 Å². The molecule has 0 heterocycles. The summed E-state index contributed by atoms with van der Waals surface area (Å²) in [6, 6.07) is -0.383. The first-order valence-electron chi connectivity index (χ1n) is 5.61. The van der Waals surface area contributed by atoms with Crippen LogP contribution in [-0.2, 0) is 9.53 Å². The van der Waals surface area contributed by atoms with Crippen LogP contribution >= 0.6 is 0 Å². The summed E-state index contributed by atoms with van der Waals surface area (Å²) in [5, 5.41) is 0. The fraction of sp³-hybridized carbons (Fsp3) is 0.909. The summed E-state index contributed by atoms with van der Waals surface area (Å²) in [6.45, 7) is 7.88. The maximum Gasteiger partial charge on any atom is 0.239 e. The number of amides is 1. The molecule has 0 fully saturated rings. The predicted molar refractivity (Wildman–Crippen MR) is 61.6 cm³/mol. The molecule has 4 nitrogen and oxygen atoms in total. The van der Waals surface area contributed by atoms with E-state index in [2.05, 4.69) is 0 Å². The van der Waals surface area contributed by atoms with Gasteiger partial charge in [0.1, 0.15) is 0 Å². The minimum absolute atomic E-state index is 0.0314. The molecule has 2 N–H and O–H groups in total. The van der Waals surface area contributed by atoms with Crippen LogP contribution in [0.3, 0.4) is 0 Å². The van der Waals surface area contributed by atoms with E-state index in [0.717, 1.165) is 6.42 Å². The van der Waals surface area contributed by atoms with Crippen LogP contribution in [0.25, 0.3) is 0 Å². The van der Waals surface area contributed by atoms with Gasteiger partial charge >= 0.3 is 0 Å². The molecule has 15 heavy (non-hydrogen) atoms. The Kier molecular flexibility index (Phi) is 7.34. The Bertz CT molecular complexity index is 185. The first-order chi connectivity index (χ1) is 7.08. The van der Waals surface area contributed by atoms with E-state index in [1.165, 1.54) is 0 Å². The minimum Gasteiger partial charge on any atom is -0.383 e. The number of hydrogen-bond donors (Lipinski definition) is 1. The Morgan fingerprint density at radius 2 is 2.07 bits per heavy atom. The molecule has 4 heteroatoms. The van der Waals surface area contributed by atoms with Crippen LogP contribution in [-0.4, -0.2) is 43.7 Å². The molecule has 0 saturated carbocycles. The predicted octanol–water partition coefficient (Wildman–Crippen LogP) is 0.855. The third-order valence-corrected chi connectivity index (χ3v) is 2.80. The zero-order chi connectivity index (χ0) is 11.8. The largest absolute Gasteiger partial charge is 0.383 e. The lowest BCUT2D eigenvalue weighted by molar-refractivity contribution is -0.134. The monoisotopic (exact) mass is 216 g/mol. The van der Waals surface area contributed by atoms with Gasteiger partial charge in [-0.25, -0.2) is 0 Å². The van der Waals surface area contributed by atoms with Crippen molar-refractivity contribution >= 4 is 5.91 Å².